The van der Waals surface area contributed by atoms with Crippen molar-refractivity contribution in [2.24, 2.45) is 0 Å². The van der Waals surface area contributed by atoms with Gasteiger partial charge < -0.3 is 5.73 Å². The van der Waals surface area contributed by atoms with Crippen molar-refractivity contribution < 1.29 is 4.39 Å². The number of nitrogen functional groups attached to an aromatic ring is 1. The normalized spacial score (nSPS) is 10.5. The van der Waals surface area contributed by atoms with E-state index in [4.69, 9.17) is 5.73 Å². The number of nitrogens with two attached hydrogens (primary N) is 1. The van der Waals surface area contributed by atoms with Gasteiger partial charge in [0.25, 0.3) is 0 Å². The maximum absolute atomic E-state index is 13.1. The second-order valence-electron chi connectivity index (χ2n) is 3.56. The van der Waals surface area contributed by atoms with Gasteiger partial charge in [0, 0.05) is 20.8 Å². The summed E-state index contributed by atoms with van der Waals surface area (Å²) in [5.41, 5.74) is 7.26. The van der Waals surface area contributed by atoms with Crippen molar-refractivity contribution in [1.82, 2.24) is 0 Å². The first kappa shape index (κ1) is 12.5. The van der Waals surface area contributed by atoms with Crippen molar-refractivity contribution in [2.45, 2.75) is 10.6 Å². The highest BCUT2D eigenvalue weighted by atomic mass is 79.9. The summed E-state index contributed by atoms with van der Waals surface area (Å²) in [4.78, 5) is 1.12. The summed E-state index contributed by atoms with van der Waals surface area (Å²) in [5, 5.41) is 0. The Labute approximate surface area is 112 Å². The van der Waals surface area contributed by atoms with Crippen LogP contribution in [-0.2, 0) is 5.75 Å². The van der Waals surface area contributed by atoms with E-state index < -0.39 is 0 Å². The van der Waals surface area contributed by atoms with Crippen molar-refractivity contribution in [3.63, 3.8) is 0 Å². The third-order valence-electron chi connectivity index (χ3n) is 2.32. The summed E-state index contributed by atoms with van der Waals surface area (Å²) in [7, 11) is 0. The van der Waals surface area contributed by atoms with E-state index in [1.165, 1.54) is 12.1 Å². The number of thioether (sulfide) groups is 1. The van der Waals surface area contributed by atoms with E-state index in [1.807, 2.05) is 24.3 Å². The molecular formula is C13H11BrFNS. The fourth-order valence-corrected chi connectivity index (χ4v) is 2.99. The van der Waals surface area contributed by atoms with Gasteiger partial charge in [-0.1, -0.05) is 12.1 Å². The zero-order valence-electron chi connectivity index (χ0n) is 8.99. The Hall–Kier alpha value is -1.00. The lowest BCUT2D eigenvalue weighted by Gasteiger charge is -2.07. The Bertz CT molecular complexity index is 531. The molecule has 0 aliphatic heterocycles. The van der Waals surface area contributed by atoms with E-state index in [0.717, 1.165) is 14.9 Å². The van der Waals surface area contributed by atoms with Crippen LogP contribution in [0, 0.1) is 5.82 Å². The van der Waals surface area contributed by atoms with Crippen molar-refractivity contribution in [3.05, 3.63) is 58.3 Å². The number of halogens is 2. The van der Waals surface area contributed by atoms with Crippen LogP contribution in [0.25, 0.3) is 0 Å². The van der Waals surface area contributed by atoms with Gasteiger partial charge in [0.1, 0.15) is 5.82 Å². The summed E-state index contributed by atoms with van der Waals surface area (Å²) in [6, 6.07) is 12.4. The van der Waals surface area contributed by atoms with Gasteiger partial charge in [0.05, 0.1) is 0 Å². The molecule has 0 saturated heterocycles. The van der Waals surface area contributed by atoms with Crippen LogP contribution in [0.1, 0.15) is 5.56 Å². The molecule has 2 aromatic carbocycles. The van der Waals surface area contributed by atoms with Crippen LogP contribution in [-0.4, -0.2) is 0 Å². The molecule has 0 bridgehead atoms. The van der Waals surface area contributed by atoms with Gasteiger partial charge >= 0.3 is 0 Å². The standard InChI is InChI=1S/C13H11BrFNS/c14-11-3-1-2-4-13(11)17-8-9-7-10(15)5-6-12(9)16/h1-7H,8,16H2. The van der Waals surface area contributed by atoms with Crippen molar-refractivity contribution >= 4 is 33.4 Å². The number of hydrogen-bond acceptors (Lipinski definition) is 2. The summed E-state index contributed by atoms with van der Waals surface area (Å²) in [6.45, 7) is 0. The molecule has 0 saturated carbocycles. The number of benzene rings is 2. The highest BCUT2D eigenvalue weighted by molar-refractivity contribution is 9.10. The molecule has 0 fully saturated rings. The monoisotopic (exact) mass is 311 g/mol. The Morgan fingerprint density at radius 3 is 2.71 bits per heavy atom. The molecule has 0 aliphatic rings. The Morgan fingerprint density at radius 1 is 1.18 bits per heavy atom. The number of anilines is 1. The molecule has 0 spiro atoms. The molecule has 88 valence electrons. The minimum atomic E-state index is -0.248. The average Bonchev–Trinajstić information content (AvgIpc) is 2.32. The summed E-state index contributed by atoms with van der Waals surface area (Å²) < 4.78 is 14.1. The zero-order chi connectivity index (χ0) is 12.3. The lowest BCUT2D eigenvalue weighted by Crippen LogP contribution is -1.93. The predicted octanol–water partition coefficient (Wildman–Crippen LogP) is 4.46. The highest BCUT2D eigenvalue weighted by Crippen LogP contribution is 2.31. The lowest BCUT2D eigenvalue weighted by atomic mass is 10.2. The van der Waals surface area contributed by atoms with Crippen molar-refractivity contribution in [3.8, 4) is 0 Å². The molecule has 0 atom stereocenters. The molecule has 0 radical (unpaired) electrons. The Morgan fingerprint density at radius 2 is 1.94 bits per heavy atom. The Kier molecular flexibility index (Phi) is 4.07. The molecule has 0 unspecified atom stereocenters. The van der Waals surface area contributed by atoms with Gasteiger partial charge in [-0.3, -0.25) is 0 Å². The molecule has 0 amide bonds. The molecule has 0 aromatic heterocycles. The Balaban J connectivity index is 2.12. The van der Waals surface area contributed by atoms with Crippen molar-refractivity contribution in [2.75, 3.05) is 5.73 Å². The van der Waals surface area contributed by atoms with Gasteiger partial charge in [-0.2, -0.15) is 0 Å². The predicted molar refractivity (Wildman–Crippen MR) is 74.5 cm³/mol. The molecule has 2 aromatic rings. The van der Waals surface area contributed by atoms with Gasteiger partial charge in [-0.25, -0.2) is 4.39 Å². The van der Waals surface area contributed by atoms with Crippen LogP contribution in [0.15, 0.2) is 51.8 Å². The molecule has 17 heavy (non-hydrogen) atoms. The van der Waals surface area contributed by atoms with Gasteiger partial charge in [0.15, 0.2) is 0 Å². The summed E-state index contributed by atoms with van der Waals surface area (Å²) in [6.07, 6.45) is 0. The first-order valence-corrected chi connectivity index (χ1v) is 6.86. The molecule has 2 N–H and O–H groups in total. The van der Waals surface area contributed by atoms with Crippen LogP contribution < -0.4 is 5.73 Å². The van der Waals surface area contributed by atoms with Gasteiger partial charge in [-0.15, -0.1) is 11.8 Å². The fourth-order valence-electron chi connectivity index (χ4n) is 1.42. The van der Waals surface area contributed by atoms with E-state index in [0.29, 0.717) is 11.4 Å². The smallest absolute Gasteiger partial charge is 0.123 e. The maximum Gasteiger partial charge on any atom is 0.123 e. The molecule has 0 heterocycles. The van der Waals surface area contributed by atoms with Crippen LogP contribution in [0.3, 0.4) is 0 Å². The van der Waals surface area contributed by atoms with Gasteiger partial charge in [0.2, 0.25) is 0 Å². The molecule has 0 aliphatic carbocycles. The third-order valence-corrected chi connectivity index (χ3v) is 4.40. The summed E-state index contributed by atoms with van der Waals surface area (Å²) in [5.74, 6) is 0.411. The van der Waals surface area contributed by atoms with Crippen molar-refractivity contribution in [1.29, 1.82) is 0 Å². The van der Waals surface area contributed by atoms with Crippen LogP contribution in [0.5, 0.6) is 0 Å². The van der Waals surface area contributed by atoms with Crippen LogP contribution >= 0.6 is 27.7 Å². The number of hydrogen-bond donors (Lipinski definition) is 1. The maximum atomic E-state index is 13.1. The quantitative estimate of drug-likeness (QED) is 0.669. The zero-order valence-corrected chi connectivity index (χ0v) is 11.4. The topological polar surface area (TPSA) is 26.0 Å². The van der Waals surface area contributed by atoms with Gasteiger partial charge in [-0.05, 0) is 51.8 Å². The SMILES string of the molecule is Nc1ccc(F)cc1CSc1ccccc1Br. The highest BCUT2D eigenvalue weighted by Gasteiger charge is 2.04. The summed E-state index contributed by atoms with van der Waals surface area (Å²) >= 11 is 5.11. The van der Waals surface area contributed by atoms with Crippen LogP contribution in [0.2, 0.25) is 0 Å². The first-order valence-electron chi connectivity index (χ1n) is 5.08. The fraction of sp³-hybridized carbons (Fsp3) is 0.0769. The second-order valence-corrected chi connectivity index (χ2v) is 5.43. The third kappa shape index (κ3) is 3.23. The largest absolute Gasteiger partial charge is 0.398 e. The second kappa shape index (κ2) is 5.56. The van der Waals surface area contributed by atoms with Crippen LogP contribution in [0.4, 0.5) is 10.1 Å². The van der Waals surface area contributed by atoms with E-state index in [2.05, 4.69) is 15.9 Å². The molecule has 1 nitrogen and oxygen atoms in total. The number of rotatable bonds is 3. The van der Waals surface area contributed by atoms with E-state index in [9.17, 15) is 4.39 Å². The minimum Gasteiger partial charge on any atom is -0.398 e. The molecular weight excluding hydrogens is 301 g/mol. The van der Waals surface area contributed by atoms with E-state index in [-0.39, 0.29) is 5.82 Å². The molecule has 2 rings (SSSR count). The van der Waals surface area contributed by atoms with E-state index in [1.54, 1.807) is 17.8 Å². The first-order chi connectivity index (χ1) is 8.16. The minimum absolute atomic E-state index is 0.248. The lowest BCUT2D eigenvalue weighted by molar-refractivity contribution is 0.627. The molecule has 4 heteroatoms. The van der Waals surface area contributed by atoms with E-state index >= 15 is 0 Å². The average molecular weight is 312 g/mol.